The van der Waals surface area contributed by atoms with E-state index in [4.69, 9.17) is 35.8 Å². The molecule has 43 heavy (non-hydrogen) atoms. The lowest BCUT2D eigenvalue weighted by Gasteiger charge is -2.22. The lowest BCUT2D eigenvalue weighted by atomic mass is 9.64. The maximum Gasteiger partial charge on any atom is 0.136 e. The SMILES string of the molecule is [B]c1cc(-c2c3ccccc3c(-c3ccc4oc5cc(-c6ccccc6)ccc5c4c3)c3ccccc23)c([B])c([B])c1[B]. The van der Waals surface area contributed by atoms with Crippen LogP contribution in [0.4, 0.5) is 0 Å². The zero-order chi connectivity index (χ0) is 29.2. The molecule has 5 heteroatoms. The minimum absolute atomic E-state index is 0.306. The number of hydrogen-bond donors (Lipinski definition) is 0. The highest BCUT2D eigenvalue weighted by molar-refractivity contribution is 6.63. The average Bonchev–Trinajstić information content (AvgIpc) is 3.42. The third-order valence-corrected chi connectivity index (χ3v) is 8.55. The first-order chi connectivity index (χ1) is 21.0. The Balaban J connectivity index is 1.40. The first kappa shape index (κ1) is 25.8. The molecule has 0 saturated carbocycles. The van der Waals surface area contributed by atoms with Gasteiger partial charge in [-0.05, 0) is 79.2 Å². The van der Waals surface area contributed by atoms with Crippen molar-refractivity contribution < 1.29 is 4.42 Å². The number of hydrogen-bond acceptors (Lipinski definition) is 1. The molecule has 0 saturated heterocycles. The molecular formula is C38H20B4O. The van der Waals surface area contributed by atoms with Gasteiger partial charge in [-0.25, -0.2) is 0 Å². The molecule has 8 rings (SSSR count). The quantitative estimate of drug-likeness (QED) is 0.198. The Kier molecular flexibility index (Phi) is 5.91. The van der Waals surface area contributed by atoms with Gasteiger partial charge in [0.25, 0.3) is 0 Å². The lowest BCUT2D eigenvalue weighted by molar-refractivity contribution is 0.669. The summed E-state index contributed by atoms with van der Waals surface area (Å²) in [7, 11) is 25.3. The van der Waals surface area contributed by atoms with Crippen molar-refractivity contribution in [1.82, 2.24) is 0 Å². The second kappa shape index (κ2) is 9.85. The molecule has 0 N–H and O–H groups in total. The Morgan fingerprint density at radius 1 is 0.372 bits per heavy atom. The van der Waals surface area contributed by atoms with Crippen LogP contribution < -0.4 is 21.9 Å². The number of benzene rings is 7. The third-order valence-electron chi connectivity index (χ3n) is 8.55. The largest absolute Gasteiger partial charge is 0.456 e. The standard InChI is InChI=1S/C38H20B4O/c39-31-20-30(36(40)38(42)37(31)41)35-27-12-6-4-10-25(27)34(26-11-5-7-13-28(26)35)23-15-17-32-29(18-23)24-16-14-22(19-33(24)43-32)21-8-2-1-3-9-21/h1-20H. The van der Waals surface area contributed by atoms with E-state index < -0.39 is 0 Å². The van der Waals surface area contributed by atoms with Crippen LogP contribution in [-0.4, -0.2) is 31.4 Å². The van der Waals surface area contributed by atoms with E-state index in [1.807, 2.05) is 24.3 Å². The summed E-state index contributed by atoms with van der Waals surface area (Å²) in [6, 6.07) is 41.9. The predicted octanol–water partition coefficient (Wildman–Crippen LogP) is 6.07. The highest BCUT2D eigenvalue weighted by Crippen LogP contribution is 2.44. The first-order valence-electron chi connectivity index (χ1n) is 14.2. The summed E-state index contributed by atoms with van der Waals surface area (Å²) in [5.41, 5.74) is 9.46. The van der Waals surface area contributed by atoms with Gasteiger partial charge in [0.1, 0.15) is 42.6 Å². The highest BCUT2D eigenvalue weighted by atomic mass is 16.3. The van der Waals surface area contributed by atoms with Crippen LogP contribution in [0.15, 0.2) is 126 Å². The van der Waals surface area contributed by atoms with Gasteiger partial charge < -0.3 is 4.42 Å². The zero-order valence-electron chi connectivity index (χ0n) is 23.3. The van der Waals surface area contributed by atoms with Crippen LogP contribution in [0.25, 0.3) is 76.9 Å². The highest BCUT2D eigenvalue weighted by Gasteiger charge is 2.19. The van der Waals surface area contributed by atoms with E-state index in [0.29, 0.717) is 21.9 Å². The van der Waals surface area contributed by atoms with E-state index in [1.165, 1.54) is 0 Å². The molecule has 0 aliphatic carbocycles. The summed E-state index contributed by atoms with van der Waals surface area (Å²) < 4.78 is 6.35. The topological polar surface area (TPSA) is 13.1 Å². The summed E-state index contributed by atoms with van der Waals surface area (Å²) in [6.45, 7) is 0. The summed E-state index contributed by atoms with van der Waals surface area (Å²) in [5, 5.41) is 6.47. The molecule has 1 nitrogen and oxygen atoms in total. The van der Waals surface area contributed by atoms with Crippen molar-refractivity contribution in [2.24, 2.45) is 0 Å². The van der Waals surface area contributed by atoms with E-state index in [9.17, 15) is 0 Å². The maximum absolute atomic E-state index is 6.60. The summed E-state index contributed by atoms with van der Waals surface area (Å²) >= 11 is 0. The van der Waals surface area contributed by atoms with Crippen molar-refractivity contribution in [3.8, 4) is 33.4 Å². The van der Waals surface area contributed by atoms with Crippen molar-refractivity contribution in [2.75, 3.05) is 0 Å². The van der Waals surface area contributed by atoms with Crippen molar-refractivity contribution in [1.29, 1.82) is 0 Å². The van der Waals surface area contributed by atoms with Crippen molar-refractivity contribution in [2.45, 2.75) is 0 Å². The molecule has 1 aromatic heterocycles. The van der Waals surface area contributed by atoms with Crippen LogP contribution in [0.1, 0.15) is 0 Å². The monoisotopic (exact) mass is 536 g/mol. The fourth-order valence-corrected chi connectivity index (χ4v) is 6.44. The van der Waals surface area contributed by atoms with Gasteiger partial charge in [0.05, 0.1) is 0 Å². The molecule has 0 aliphatic heterocycles. The third kappa shape index (κ3) is 3.99. The molecular weight excluding hydrogens is 516 g/mol. The van der Waals surface area contributed by atoms with Gasteiger partial charge in [-0.3, -0.25) is 0 Å². The second-order valence-electron chi connectivity index (χ2n) is 11.0. The lowest BCUT2D eigenvalue weighted by Crippen LogP contribution is -2.47. The van der Waals surface area contributed by atoms with Crippen molar-refractivity contribution in [3.05, 3.63) is 121 Å². The normalized spacial score (nSPS) is 11.6. The Morgan fingerprint density at radius 3 is 1.65 bits per heavy atom. The van der Waals surface area contributed by atoms with E-state index in [1.54, 1.807) is 0 Å². The predicted molar refractivity (Wildman–Crippen MR) is 187 cm³/mol. The average molecular weight is 536 g/mol. The molecule has 0 atom stereocenters. The van der Waals surface area contributed by atoms with Crippen LogP contribution in [0, 0.1) is 0 Å². The molecule has 0 unspecified atom stereocenters. The molecule has 0 bridgehead atoms. The summed E-state index contributed by atoms with van der Waals surface area (Å²) in [5.74, 6) is 0. The number of furan rings is 1. The van der Waals surface area contributed by atoms with Gasteiger partial charge in [0.2, 0.25) is 0 Å². The molecule has 0 aliphatic rings. The molecule has 0 amide bonds. The second-order valence-corrected chi connectivity index (χ2v) is 11.0. The molecule has 0 fully saturated rings. The Hall–Kier alpha value is -4.88. The van der Waals surface area contributed by atoms with Crippen LogP contribution in [0.5, 0.6) is 0 Å². The number of fused-ring (bicyclic) bond motifs is 5. The van der Waals surface area contributed by atoms with E-state index in [0.717, 1.165) is 76.9 Å². The summed E-state index contributed by atoms with van der Waals surface area (Å²) in [4.78, 5) is 0. The molecule has 7 aromatic carbocycles. The number of rotatable bonds is 3. The fraction of sp³-hybridized carbons (Fsp3) is 0. The van der Waals surface area contributed by atoms with Gasteiger partial charge in [-0.1, -0.05) is 103 Å². The smallest absolute Gasteiger partial charge is 0.136 e. The minimum atomic E-state index is 0.306. The van der Waals surface area contributed by atoms with Gasteiger partial charge >= 0.3 is 0 Å². The molecule has 8 radical (unpaired) electrons. The molecule has 0 spiro atoms. The fourth-order valence-electron chi connectivity index (χ4n) is 6.44. The van der Waals surface area contributed by atoms with Crippen LogP contribution in [-0.2, 0) is 0 Å². The van der Waals surface area contributed by atoms with Crippen LogP contribution in [0.3, 0.4) is 0 Å². The van der Waals surface area contributed by atoms with Crippen LogP contribution >= 0.6 is 0 Å². The van der Waals surface area contributed by atoms with Crippen molar-refractivity contribution >= 4 is 96.7 Å². The van der Waals surface area contributed by atoms with Crippen molar-refractivity contribution in [3.63, 3.8) is 0 Å². The molecule has 190 valence electrons. The molecule has 8 aromatic rings. The van der Waals surface area contributed by atoms with Gasteiger partial charge in [-0.2, -0.15) is 0 Å². The first-order valence-corrected chi connectivity index (χ1v) is 14.2. The zero-order valence-corrected chi connectivity index (χ0v) is 23.3. The van der Waals surface area contributed by atoms with E-state index in [2.05, 4.69) is 97.1 Å². The van der Waals surface area contributed by atoms with Gasteiger partial charge in [0, 0.05) is 10.8 Å². The summed E-state index contributed by atoms with van der Waals surface area (Å²) in [6.07, 6.45) is 0. The minimum Gasteiger partial charge on any atom is -0.456 e. The van der Waals surface area contributed by atoms with Crippen LogP contribution in [0.2, 0.25) is 0 Å². The Labute approximate surface area is 255 Å². The van der Waals surface area contributed by atoms with E-state index in [-0.39, 0.29) is 0 Å². The maximum atomic E-state index is 6.60. The van der Waals surface area contributed by atoms with Gasteiger partial charge in [0.15, 0.2) is 0 Å². The Morgan fingerprint density at radius 2 is 0.977 bits per heavy atom. The van der Waals surface area contributed by atoms with E-state index >= 15 is 0 Å². The molecule has 1 heterocycles. The van der Waals surface area contributed by atoms with Gasteiger partial charge in [-0.15, -0.1) is 16.4 Å². The Bertz CT molecular complexity index is 2330.